The van der Waals surface area contributed by atoms with E-state index in [0.29, 0.717) is 18.9 Å². The fourth-order valence-corrected chi connectivity index (χ4v) is 4.26. The van der Waals surface area contributed by atoms with E-state index in [1.165, 1.54) is 12.1 Å². The van der Waals surface area contributed by atoms with E-state index in [0.717, 1.165) is 31.1 Å². The average molecular weight is 391 g/mol. The van der Waals surface area contributed by atoms with Crippen LogP contribution in [0.1, 0.15) is 12.8 Å². The third-order valence-corrected chi connectivity index (χ3v) is 5.84. The molecular weight excluding hydrogens is 369 g/mol. The van der Waals surface area contributed by atoms with Crippen molar-refractivity contribution in [3.05, 3.63) is 41.7 Å². The second kappa shape index (κ2) is 8.22. The van der Waals surface area contributed by atoms with Crippen LogP contribution in [0.25, 0.3) is 0 Å². The first kappa shape index (κ1) is 18.2. The minimum Gasteiger partial charge on any atom is -0.491 e. The Morgan fingerprint density at radius 2 is 2.04 bits per heavy atom. The molecule has 2 saturated heterocycles. The van der Waals surface area contributed by atoms with Crippen LogP contribution >= 0.6 is 11.3 Å². The summed E-state index contributed by atoms with van der Waals surface area (Å²) in [6, 6.07) is 6.14. The summed E-state index contributed by atoms with van der Waals surface area (Å²) in [5.74, 6) is 0.345. The van der Waals surface area contributed by atoms with Crippen LogP contribution in [0.4, 0.5) is 9.52 Å². The van der Waals surface area contributed by atoms with Crippen molar-refractivity contribution in [3.8, 4) is 5.75 Å². The number of hydrogen-bond acceptors (Lipinski definition) is 6. The smallest absolute Gasteiger partial charge is 0.248 e. The van der Waals surface area contributed by atoms with E-state index < -0.39 is 0 Å². The first-order chi connectivity index (χ1) is 13.2. The molecular formula is C19H22FN3O3S. The van der Waals surface area contributed by atoms with Gasteiger partial charge in [0.25, 0.3) is 0 Å². The summed E-state index contributed by atoms with van der Waals surface area (Å²) in [7, 11) is 0. The number of anilines is 1. The summed E-state index contributed by atoms with van der Waals surface area (Å²) in [6.45, 7) is 2.76. The van der Waals surface area contributed by atoms with Gasteiger partial charge in [0.05, 0.1) is 6.54 Å². The molecule has 3 heterocycles. The van der Waals surface area contributed by atoms with Crippen LogP contribution in [0.2, 0.25) is 0 Å². The van der Waals surface area contributed by atoms with E-state index in [4.69, 9.17) is 9.47 Å². The summed E-state index contributed by atoms with van der Waals surface area (Å²) >= 11 is 1.65. The molecule has 27 heavy (non-hydrogen) atoms. The lowest BCUT2D eigenvalue weighted by molar-refractivity contribution is -0.154. The Balaban J connectivity index is 1.30. The Hall–Kier alpha value is -2.19. The first-order valence-corrected chi connectivity index (χ1v) is 10.0. The van der Waals surface area contributed by atoms with E-state index in [1.54, 1.807) is 23.5 Å². The highest BCUT2D eigenvalue weighted by molar-refractivity contribution is 7.13. The summed E-state index contributed by atoms with van der Waals surface area (Å²) in [5.41, 5.74) is 0. The molecule has 1 unspecified atom stereocenters. The normalized spacial score (nSPS) is 21.5. The number of carbonyl (C=O) groups excluding carboxylic acids is 1. The fraction of sp³-hybridized carbons (Fsp3) is 0.474. The summed E-state index contributed by atoms with van der Waals surface area (Å²) < 4.78 is 24.3. The van der Waals surface area contributed by atoms with E-state index in [1.807, 2.05) is 16.5 Å². The molecule has 1 atom stereocenters. The number of aromatic nitrogens is 1. The van der Waals surface area contributed by atoms with Gasteiger partial charge in [-0.15, -0.1) is 11.3 Å². The van der Waals surface area contributed by atoms with E-state index in [-0.39, 0.29) is 30.5 Å². The second-order valence-corrected chi connectivity index (χ2v) is 7.65. The number of morpholine rings is 1. The largest absolute Gasteiger partial charge is 0.491 e. The van der Waals surface area contributed by atoms with Gasteiger partial charge in [-0.25, -0.2) is 9.37 Å². The maximum Gasteiger partial charge on any atom is 0.248 e. The van der Waals surface area contributed by atoms with Gasteiger partial charge in [-0.1, -0.05) is 0 Å². The molecule has 1 aromatic carbocycles. The Bertz CT molecular complexity index is 748. The molecule has 0 spiro atoms. The molecule has 4 rings (SSSR count). The fourth-order valence-electron chi connectivity index (χ4n) is 3.56. The molecule has 0 radical (unpaired) electrons. The number of thiazole rings is 1. The van der Waals surface area contributed by atoms with E-state index >= 15 is 0 Å². The van der Waals surface area contributed by atoms with Crippen molar-refractivity contribution in [2.45, 2.75) is 25.0 Å². The quantitative estimate of drug-likeness (QED) is 0.784. The predicted molar refractivity (Wildman–Crippen MR) is 101 cm³/mol. The summed E-state index contributed by atoms with van der Waals surface area (Å²) in [6.07, 6.45) is 3.50. The van der Waals surface area contributed by atoms with Crippen LogP contribution in [-0.4, -0.2) is 60.8 Å². The Morgan fingerprint density at radius 3 is 2.74 bits per heavy atom. The van der Waals surface area contributed by atoms with Gasteiger partial charge in [0.2, 0.25) is 5.91 Å². The maximum absolute atomic E-state index is 13.0. The molecule has 0 bridgehead atoms. The summed E-state index contributed by atoms with van der Waals surface area (Å²) in [4.78, 5) is 20.9. The second-order valence-electron chi connectivity index (χ2n) is 6.78. The van der Waals surface area contributed by atoms with Crippen molar-refractivity contribution in [1.82, 2.24) is 9.88 Å². The average Bonchev–Trinajstić information content (AvgIpc) is 3.24. The van der Waals surface area contributed by atoms with Crippen LogP contribution < -0.4 is 9.64 Å². The molecule has 2 fully saturated rings. The minimum absolute atomic E-state index is 0.0423. The van der Waals surface area contributed by atoms with E-state index in [9.17, 15) is 9.18 Å². The number of hydrogen-bond donors (Lipinski definition) is 0. The molecule has 6 nitrogen and oxygen atoms in total. The maximum atomic E-state index is 13.0. The summed E-state index contributed by atoms with van der Waals surface area (Å²) in [5, 5.41) is 3.03. The molecule has 0 N–H and O–H groups in total. The Kier molecular flexibility index (Phi) is 5.54. The minimum atomic E-state index is -0.294. The van der Waals surface area contributed by atoms with Crippen molar-refractivity contribution in [2.24, 2.45) is 0 Å². The zero-order valence-corrected chi connectivity index (χ0v) is 15.7. The van der Waals surface area contributed by atoms with Crippen molar-refractivity contribution in [2.75, 3.05) is 37.7 Å². The van der Waals surface area contributed by atoms with Gasteiger partial charge in [0, 0.05) is 30.7 Å². The lowest BCUT2D eigenvalue weighted by Gasteiger charge is -2.42. The lowest BCUT2D eigenvalue weighted by Crippen LogP contribution is -2.55. The van der Waals surface area contributed by atoms with Gasteiger partial charge in [-0.2, -0.15) is 0 Å². The van der Waals surface area contributed by atoms with Crippen molar-refractivity contribution >= 4 is 22.4 Å². The number of rotatable bonds is 5. The topological polar surface area (TPSA) is 54.9 Å². The number of ether oxygens (including phenoxy) is 2. The van der Waals surface area contributed by atoms with Gasteiger partial charge in [-0.05, 0) is 37.1 Å². The first-order valence-electron chi connectivity index (χ1n) is 9.13. The van der Waals surface area contributed by atoms with Gasteiger partial charge in [-0.3, -0.25) is 4.79 Å². The molecule has 0 aliphatic carbocycles. The van der Waals surface area contributed by atoms with Crippen LogP contribution in [-0.2, 0) is 9.53 Å². The van der Waals surface area contributed by atoms with Gasteiger partial charge >= 0.3 is 0 Å². The molecule has 0 saturated carbocycles. The molecule has 1 aromatic heterocycles. The molecule has 8 heteroatoms. The Labute approximate surface area is 161 Å². The highest BCUT2D eigenvalue weighted by atomic mass is 32.1. The molecule has 2 aliphatic rings. The number of piperidine rings is 1. The Morgan fingerprint density at radius 1 is 1.26 bits per heavy atom. The number of halogens is 1. The molecule has 2 aromatic rings. The van der Waals surface area contributed by atoms with Crippen molar-refractivity contribution in [1.29, 1.82) is 0 Å². The standard InChI is InChI=1S/C19H22FN3O3S/c20-14-1-3-16(4-2-14)25-12-17-11-23(18(24)13-26-17)15-5-8-22(9-6-15)19-21-7-10-27-19/h1-4,7,10,15,17H,5-6,8-9,11-13H2. The number of amides is 1. The third-order valence-electron chi connectivity index (χ3n) is 5.01. The van der Waals surface area contributed by atoms with Gasteiger partial charge in [0.15, 0.2) is 5.13 Å². The van der Waals surface area contributed by atoms with E-state index in [2.05, 4.69) is 9.88 Å². The predicted octanol–water partition coefficient (Wildman–Crippen LogP) is 2.56. The van der Waals surface area contributed by atoms with Crippen LogP contribution in [0.3, 0.4) is 0 Å². The lowest BCUT2D eigenvalue weighted by atomic mass is 10.0. The highest BCUT2D eigenvalue weighted by Crippen LogP contribution is 2.25. The number of nitrogens with zero attached hydrogens (tertiary/aromatic N) is 3. The number of benzene rings is 1. The van der Waals surface area contributed by atoms with Crippen LogP contribution in [0.5, 0.6) is 5.75 Å². The van der Waals surface area contributed by atoms with Crippen molar-refractivity contribution in [3.63, 3.8) is 0 Å². The molecule has 144 valence electrons. The molecule has 1 amide bonds. The SMILES string of the molecule is O=C1COC(COc2ccc(F)cc2)CN1C1CCN(c2nccs2)CC1. The van der Waals surface area contributed by atoms with Crippen molar-refractivity contribution < 1.29 is 18.7 Å². The van der Waals surface area contributed by atoms with Gasteiger partial charge in [0.1, 0.15) is 30.9 Å². The van der Waals surface area contributed by atoms with Crippen LogP contribution in [0, 0.1) is 5.82 Å². The monoisotopic (exact) mass is 391 g/mol. The molecule has 2 aliphatic heterocycles. The van der Waals surface area contributed by atoms with Crippen LogP contribution in [0.15, 0.2) is 35.8 Å². The third kappa shape index (κ3) is 4.39. The van der Waals surface area contributed by atoms with Gasteiger partial charge < -0.3 is 19.3 Å². The zero-order valence-electron chi connectivity index (χ0n) is 14.9. The highest BCUT2D eigenvalue weighted by Gasteiger charge is 2.34. The number of carbonyl (C=O) groups is 1. The zero-order chi connectivity index (χ0) is 18.6.